The maximum Gasteiger partial charge on any atom is 0.244 e. The number of rotatable bonds is 4. The van der Waals surface area contributed by atoms with Gasteiger partial charge >= 0.3 is 0 Å². The van der Waals surface area contributed by atoms with Gasteiger partial charge in [0.25, 0.3) is 0 Å². The number of carbonyl (C=O) groups excluding carboxylic acids is 2. The quantitative estimate of drug-likeness (QED) is 0.669. The second-order valence-electron chi connectivity index (χ2n) is 4.96. The van der Waals surface area contributed by atoms with Gasteiger partial charge in [0.15, 0.2) is 0 Å². The number of nitrogens with two attached hydrogens (primary N) is 1. The molecule has 0 bridgehead atoms. The molecular weight excluding hydrogens is 218 g/mol. The SMILES string of the molecule is CCN(C1CC(=O)NC1=O)C1CCCC1CN. The molecule has 3 atom stereocenters. The summed E-state index contributed by atoms with van der Waals surface area (Å²) < 4.78 is 0. The van der Waals surface area contributed by atoms with E-state index >= 15 is 0 Å². The number of likely N-dealkylation sites (N-methyl/N-ethyl adjacent to an activating group) is 1. The standard InChI is InChI=1S/C12H21N3O2/c1-2-15(9-5-3-4-8(9)7-13)10-6-11(16)14-12(10)17/h8-10H,2-7,13H2,1H3,(H,14,16,17). The van der Waals surface area contributed by atoms with E-state index in [4.69, 9.17) is 5.73 Å². The largest absolute Gasteiger partial charge is 0.330 e. The van der Waals surface area contributed by atoms with Crippen molar-refractivity contribution in [2.24, 2.45) is 11.7 Å². The fourth-order valence-corrected chi connectivity index (χ4v) is 3.22. The van der Waals surface area contributed by atoms with Crippen LogP contribution < -0.4 is 11.1 Å². The smallest absolute Gasteiger partial charge is 0.244 e. The van der Waals surface area contributed by atoms with Gasteiger partial charge in [-0.1, -0.05) is 13.3 Å². The molecule has 17 heavy (non-hydrogen) atoms. The van der Waals surface area contributed by atoms with Crippen LogP contribution in [0.4, 0.5) is 0 Å². The molecule has 3 N–H and O–H groups in total. The van der Waals surface area contributed by atoms with Crippen molar-refractivity contribution in [3.8, 4) is 0 Å². The zero-order valence-corrected chi connectivity index (χ0v) is 10.3. The highest BCUT2D eigenvalue weighted by molar-refractivity contribution is 6.05. The molecule has 5 heteroatoms. The van der Waals surface area contributed by atoms with Gasteiger partial charge in [0.05, 0.1) is 12.5 Å². The van der Waals surface area contributed by atoms with Gasteiger partial charge in [-0.3, -0.25) is 19.8 Å². The van der Waals surface area contributed by atoms with E-state index in [1.54, 1.807) is 0 Å². The molecule has 5 nitrogen and oxygen atoms in total. The first-order chi connectivity index (χ1) is 8.17. The molecule has 1 saturated carbocycles. The Balaban J connectivity index is 2.10. The summed E-state index contributed by atoms with van der Waals surface area (Å²) >= 11 is 0. The molecule has 2 aliphatic rings. The summed E-state index contributed by atoms with van der Waals surface area (Å²) in [5, 5.41) is 2.39. The fourth-order valence-electron chi connectivity index (χ4n) is 3.22. The number of nitrogens with one attached hydrogen (secondary N) is 1. The highest BCUT2D eigenvalue weighted by atomic mass is 16.2. The van der Waals surface area contributed by atoms with Crippen molar-refractivity contribution in [1.82, 2.24) is 10.2 Å². The molecule has 0 spiro atoms. The van der Waals surface area contributed by atoms with Crippen molar-refractivity contribution in [3.63, 3.8) is 0 Å². The molecule has 1 saturated heterocycles. The third kappa shape index (κ3) is 2.35. The van der Waals surface area contributed by atoms with Crippen LogP contribution in [0.2, 0.25) is 0 Å². The van der Waals surface area contributed by atoms with Crippen LogP contribution in [0, 0.1) is 5.92 Å². The highest BCUT2D eigenvalue weighted by Gasteiger charge is 2.41. The zero-order valence-electron chi connectivity index (χ0n) is 10.3. The lowest BCUT2D eigenvalue weighted by Gasteiger charge is -2.34. The van der Waals surface area contributed by atoms with Gasteiger partial charge < -0.3 is 5.73 Å². The maximum atomic E-state index is 11.7. The Kier molecular flexibility index (Phi) is 3.79. The van der Waals surface area contributed by atoms with Crippen LogP contribution >= 0.6 is 0 Å². The van der Waals surface area contributed by atoms with Crippen LogP contribution in [-0.4, -0.2) is 41.9 Å². The molecule has 0 aromatic carbocycles. The van der Waals surface area contributed by atoms with Crippen LogP contribution in [0.15, 0.2) is 0 Å². The summed E-state index contributed by atoms with van der Waals surface area (Å²) in [5.74, 6) is 0.179. The summed E-state index contributed by atoms with van der Waals surface area (Å²) in [6.07, 6.45) is 3.71. The van der Waals surface area contributed by atoms with Crippen molar-refractivity contribution in [2.75, 3.05) is 13.1 Å². The van der Waals surface area contributed by atoms with E-state index in [2.05, 4.69) is 10.2 Å². The Hall–Kier alpha value is -0.940. The second-order valence-corrected chi connectivity index (χ2v) is 4.96. The van der Waals surface area contributed by atoms with Gasteiger partial charge in [-0.15, -0.1) is 0 Å². The maximum absolute atomic E-state index is 11.7. The van der Waals surface area contributed by atoms with Gasteiger partial charge in [-0.05, 0) is 31.8 Å². The number of hydrogen-bond donors (Lipinski definition) is 2. The van der Waals surface area contributed by atoms with E-state index in [1.165, 1.54) is 6.42 Å². The van der Waals surface area contributed by atoms with Crippen LogP contribution in [0.3, 0.4) is 0 Å². The number of carbonyl (C=O) groups is 2. The average Bonchev–Trinajstić information content (AvgIpc) is 2.88. The van der Waals surface area contributed by atoms with Crippen molar-refractivity contribution < 1.29 is 9.59 Å². The summed E-state index contributed by atoms with van der Waals surface area (Å²) in [7, 11) is 0. The first kappa shape index (κ1) is 12.5. The molecule has 2 amide bonds. The van der Waals surface area contributed by atoms with Crippen LogP contribution in [0.1, 0.15) is 32.6 Å². The summed E-state index contributed by atoms with van der Waals surface area (Å²) in [5.41, 5.74) is 5.78. The molecule has 1 heterocycles. The van der Waals surface area contributed by atoms with Crippen molar-refractivity contribution in [3.05, 3.63) is 0 Å². The highest BCUT2D eigenvalue weighted by Crippen LogP contribution is 2.31. The molecule has 2 rings (SSSR count). The van der Waals surface area contributed by atoms with Gasteiger partial charge in [-0.2, -0.15) is 0 Å². The van der Waals surface area contributed by atoms with Crippen LogP contribution in [0.5, 0.6) is 0 Å². The third-order valence-electron chi connectivity index (χ3n) is 4.06. The third-order valence-corrected chi connectivity index (χ3v) is 4.06. The summed E-state index contributed by atoms with van der Waals surface area (Å²) in [4.78, 5) is 25.2. The first-order valence-corrected chi connectivity index (χ1v) is 6.46. The van der Waals surface area contributed by atoms with Crippen molar-refractivity contribution in [2.45, 2.75) is 44.7 Å². The van der Waals surface area contributed by atoms with E-state index < -0.39 is 0 Å². The van der Waals surface area contributed by atoms with Gasteiger partial charge in [0.2, 0.25) is 11.8 Å². The monoisotopic (exact) mass is 239 g/mol. The lowest BCUT2D eigenvalue weighted by atomic mass is 10.00. The van der Waals surface area contributed by atoms with E-state index in [9.17, 15) is 9.59 Å². The molecule has 3 unspecified atom stereocenters. The summed E-state index contributed by atoms with van der Waals surface area (Å²) in [6, 6.07) is 0.0938. The predicted molar refractivity (Wildman–Crippen MR) is 64.1 cm³/mol. The van der Waals surface area contributed by atoms with E-state index in [-0.39, 0.29) is 17.9 Å². The molecule has 1 aliphatic heterocycles. The molecule has 0 radical (unpaired) electrons. The number of nitrogens with zero attached hydrogens (tertiary/aromatic N) is 1. The van der Waals surface area contributed by atoms with Crippen LogP contribution in [-0.2, 0) is 9.59 Å². The zero-order chi connectivity index (χ0) is 12.4. The molecule has 2 fully saturated rings. The number of amides is 2. The van der Waals surface area contributed by atoms with Crippen LogP contribution in [0.25, 0.3) is 0 Å². The number of imide groups is 1. The Morgan fingerprint density at radius 3 is 2.71 bits per heavy atom. The molecule has 0 aromatic heterocycles. The number of hydrogen-bond acceptors (Lipinski definition) is 4. The normalized spacial score (nSPS) is 33.5. The van der Waals surface area contributed by atoms with Gasteiger partial charge in [0, 0.05) is 6.04 Å². The van der Waals surface area contributed by atoms with Crippen molar-refractivity contribution in [1.29, 1.82) is 0 Å². The Morgan fingerprint density at radius 1 is 1.41 bits per heavy atom. The lowest BCUT2D eigenvalue weighted by molar-refractivity contribution is -0.126. The average molecular weight is 239 g/mol. The topological polar surface area (TPSA) is 75.4 Å². The Morgan fingerprint density at radius 2 is 2.18 bits per heavy atom. The summed E-state index contributed by atoms with van der Waals surface area (Å²) in [6.45, 7) is 3.51. The van der Waals surface area contributed by atoms with E-state index in [0.29, 0.717) is 24.9 Å². The fraction of sp³-hybridized carbons (Fsp3) is 0.833. The first-order valence-electron chi connectivity index (χ1n) is 6.46. The Bertz CT molecular complexity index is 319. The minimum absolute atomic E-state index is 0.139. The van der Waals surface area contributed by atoms with Gasteiger partial charge in [0.1, 0.15) is 0 Å². The molecule has 96 valence electrons. The molecule has 1 aliphatic carbocycles. The lowest BCUT2D eigenvalue weighted by Crippen LogP contribution is -2.49. The Labute approximate surface area is 102 Å². The minimum atomic E-state index is -0.273. The van der Waals surface area contributed by atoms with Gasteiger partial charge in [-0.25, -0.2) is 0 Å². The van der Waals surface area contributed by atoms with E-state index in [1.807, 2.05) is 6.92 Å². The van der Waals surface area contributed by atoms with E-state index in [0.717, 1.165) is 19.4 Å². The molecular formula is C12H21N3O2. The second kappa shape index (κ2) is 5.14. The molecule has 0 aromatic rings. The minimum Gasteiger partial charge on any atom is -0.330 e. The van der Waals surface area contributed by atoms with Crippen molar-refractivity contribution >= 4 is 11.8 Å². The predicted octanol–water partition coefficient (Wildman–Crippen LogP) is -0.149.